The minimum absolute atomic E-state index is 0.108. The predicted molar refractivity (Wildman–Crippen MR) is 111 cm³/mol. The normalized spacial score (nSPS) is 13.7. The lowest BCUT2D eigenvalue weighted by atomic mass is 9.86. The van der Waals surface area contributed by atoms with E-state index in [-0.39, 0.29) is 18.3 Å². The highest BCUT2D eigenvalue weighted by Gasteiger charge is 2.23. The molecule has 31 heavy (non-hydrogen) atoms. The van der Waals surface area contributed by atoms with Crippen LogP contribution in [0.4, 0.5) is 4.39 Å². The van der Waals surface area contributed by atoms with Gasteiger partial charge in [-0.05, 0) is 49.2 Å². The van der Waals surface area contributed by atoms with Gasteiger partial charge in [0.05, 0.1) is 5.56 Å². The van der Waals surface area contributed by atoms with E-state index in [1.807, 2.05) is 0 Å². The second-order valence-electron chi connectivity index (χ2n) is 7.25. The summed E-state index contributed by atoms with van der Waals surface area (Å²) in [6.45, 7) is 0.108. The second kappa shape index (κ2) is 8.35. The van der Waals surface area contributed by atoms with Gasteiger partial charge in [0.15, 0.2) is 5.01 Å². The van der Waals surface area contributed by atoms with Gasteiger partial charge in [0.2, 0.25) is 5.82 Å². The van der Waals surface area contributed by atoms with Gasteiger partial charge >= 0.3 is 5.97 Å². The molecule has 9 heteroatoms. The van der Waals surface area contributed by atoms with Crippen LogP contribution in [-0.2, 0) is 11.3 Å². The van der Waals surface area contributed by atoms with Crippen LogP contribution in [0.25, 0.3) is 22.8 Å². The van der Waals surface area contributed by atoms with Crippen molar-refractivity contribution >= 4 is 17.3 Å². The Bertz CT molecular complexity index is 1200. The highest BCUT2D eigenvalue weighted by atomic mass is 32.1. The molecule has 0 radical (unpaired) electrons. The lowest BCUT2D eigenvalue weighted by Crippen LogP contribution is -2.07. The van der Waals surface area contributed by atoms with Gasteiger partial charge in [-0.3, -0.25) is 0 Å². The number of esters is 1. The van der Waals surface area contributed by atoms with E-state index in [0.717, 1.165) is 17.8 Å². The maximum absolute atomic E-state index is 13.1. The summed E-state index contributed by atoms with van der Waals surface area (Å²) in [5, 5.41) is 14.0. The van der Waals surface area contributed by atoms with E-state index in [2.05, 4.69) is 20.3 Å². The van der Waals surface area contributed by atoms with Crippen molar-refractivity contribution in [3.8, 4) is 22.8 Å². The van der Waals surface area contributed by atoms with Crippen molar-refractivity contribution in [1.82, 2.24) is 20.3 Å². The summed E-state index contributed by atoms with van der Waals surface area (Å²) in [4.78, 5) is 16.7. The molecule has 4 aromatic rings. The molecule has 2 heterocycles. The number of nitrogens with zero attached hydrogens (tertiary/aromatic N) is 4. The van der Waals surface area contributed by atoms with Crippen molar-refractivity contribution in [2.24, 2.45) is 0 Å². The molecular formula is C22H17FN4O3S. The van der Waals surface area contributed by atoms with Gasteiger partial charge in [-0.15, -0.1) is 10.2 Å². The molecule has 1 aliphatic rings. The predicted octanol–water partition coefficient (Wildman–Crippen LogP) is 5.02. The molecule has 0 unspecified atom stereocenters. The number of halogens is 1. The first-order valence-corrected chi connectivity index (χ1v) is 10.7. The van der Waals surface area contributed by atoms with E-state index in [0.29, 0.717) is 33.4 Å². The third-order valence-corrected chi connectivity index (χ3v) is 6.22. The van der Waals surface area contributed by atoms with Crippen LogP contribution >= 0.6 is 11.3 Å². The minimum Gasteiger partial charge on any atom is -0.455 e. The number of aromatic nitrogens is 4. The first-order chi connectivity index (χ1) is 15.2. The maximum atomic E-state index is 13.1. The Morgan fingerprint density at radius 1 is 1.06 bits per heavy atom. The van der Waals surface area contributed by atoms with Crippen LogP contribution in [-0.4, -0.2) is 26.3 Å². The fraction of sp³-hybridized carbons (Fsp3) is 0.227. The Labute approximate surface area is 180 Å². The van der Waals surface area contributed by atoms with Crippen LogP contribution in [0.3, 0.4) is 0 Å². The quantitative estimate of drug-likeness (QED) is 0.392. The summed E-state index contributed by atoms with van der Waals surface area (Å²) in [5.74, 6) is 0.402. The van der Waals surface area contributed by atoms with Crippen LogP contribution in [0.2, 0.25) is 0 Å². The topological polar surface area (TPSA) is 91.0 Å². The Hall–Kier alpha value is -3.46. The summed E-state index contributed by atoms with van der Waals surface area (Å²) in [6.07, 6.45) is 3.56. The smallest absolute Gasteiger partial charge is 0.338 e. The van der Waals surface area contributed by atoms with E-state index < -0.39 is 5.97 Å². The molecule has 0 spiro atoms. The van der Waals surface area contributed by atoms with E-state index in [1.54, 1.807) is 36.4 Å². The third kappa shape index (κ3) is 4.22. The first-order valence-electron chi connectivity index (χ1n) is 9.85. The van der Waals surface area contributed by atoms with Crippen molar-refractivity contribution in [1.29, 1.82) is 0 Å². The zero-order chi connectivity index (χ0) is 21.2. The largest absolute Gasteiger partial charge is 0.455 e. The van der Waals surface area contributed by atoms with Crippen LogP contribution in [0, 0.1) is 5.82 Å². The van der Waals surface area contributed by atoms with Crippen LogP contribution < -0.4 is 0 Å². The zero-order valence-electron chi connectivity index (χ0n) is 16.3. The highest BCUT2D eigenvalue weighted by molar-refractivity contribution is 7.11. The molecule has 0 aliphatic heterocycles. The van der Waals surface area contributed by atoms with E-state index in [9.17, 15) is 9.18 Å². The van der Waals surface area contributed by atoms with Gasteiger partial charge in [0.1, 0.15) is 17.4 Å². The number of rotatable bonds is 6. The van der Waals surface area contributed by atoms with Crippen molar-refractivity contribution in [2.45, 2.75) is 31.8 Å². The molecule has 1 saturated carbocycles. The van der Waals surface area contributed by atoms with E-state index in [1.165, 1.54) is 29.9 Å². The van der Waals surface area contributed by atoms with Crippen LogP contribution in [0.5, 0.6) is 0 Å². The molecule has 0 amide bonds. The highest BCUT2D eigenvalue weighted by Crippen LogP contribution is 2.37. The first kappa shape index (κ1) is 19.5. The van der Waals surface area contributed by atoms with Gasteiger partial charge in [-0.25, -0.2) is 9.18 Å². The molecule has 2 aromatic carbocycles. The Balaban J connectivity index is 1.22. The van der Waals surface area contributed by atoms with Crippen molar-refractivity contribution < 1.29 is 18.4 Å². The van der Waals surface area contributed by atoms with Gasteiger partial charge in [0, 0.05) is 17.0 Å². The lowest BCUT2D eigenvalue weighted by Gasteiger charge is -2.21. The molecular weight excluding hydrogens is 419 g/mol. The number of carbonyl (C=O) groups excluding carboxylic acids is 1. The average Bonchev–Trinajstić information content (AvgIpc) is 3.42. The molecule has 7 nitrogen and oxygen atoms in total. The van der Waals surface area contributed by atoms with Gasteiger partial charge < -0.3 is 9.26 Å². The number of carbonyl (C=O) groups is 1. The Morgan fingerprint density at radius 2 is 1.81 bits per heavy atom. The molecule has 1 aliphatic carbocycles. The maximum Gasteiger partial charge on any atom is 0.338 e. The average molecular weight is 436 g/mol. The van der Waals surface area contributed by atoms with E-state index in [4.69, 9.17) is 9.26 Å². The number of hydrogen-bond donors (Lipinski definition) is 0. The molecule has 1 fully saturated rings. The Kier molecular flexibility index (Phi) is 5.25. The van der Waals surface area contributed by atoms with Crippen molar-refractivity contribution in [3.05, 3.63) is 69.9 Å². The summed E-state index contributed by atoms with van der Waals surface area (Å²) in [6, 6.07) is 12.5. The summed E-state index contributed by atoms with van der Waals surface area (Å²) >= 11 is 1.51. The fourth-order valence-corrected chi connectivity index (χ4v) is 4.09. The molecule has 0 bridgehead atoms. The molecule has 0 atom stereocenters. The van der Waals surface area contributed by atoms with Crippen LogP contribution in [0.15, 0.2) is 53.1 Å². The molecule has 0 saturated heterocycles. The van der Waals surface area contributed by atoms with Crippen molar-refractivity contribution in [3.63, 3.8) is 0 Å². The van der Waals surface area contributed by atoms with Gasteiger partial charge in [0.25, 0.3) is 5.89 Å². The second-order valence-corrected chi connectivity index (χ2v) is 8.34. The van der Waals surface area contributed by atoms with E-state index >= 15 is 0 Å². The molecule has 5 rings (SSSR count). The number of ether oxygens (including phenoxy) is 1. The zero-order valence-corrected chi connectivity index (χ0v) is 17.1. The third-order valence-electron chi connectivity index (χ3n) is 5.16. The standard InChI is InChI=1S/C22H17FN4O3S/c23-17-10-8-14(9-11-17)20-24-19(27-30-20)13-4-6-16(7-5-13)22(28)29-12-18-25-26-21(31-18)15-2-1-3-15/h4-11,15H,1-3,12H2. The minimum atomic E-state index is -0.438. The number of hydrogen-bond acceptors (Lipinski definition) is 8. The molecule has 2 aromatic heterocycles. The van der Waals surface area contributed by atoms with Crippen LogP contribution in [0.1, 0.15) is 45.6 Å². The summed E-state index contributed by atoms with van der Waals surface area (Å²) in [7, 11) is 0. The summed E-state index contributed by atoms with van der Waals surface area (Å²) < 4.78 is 23.7. The molecule has 0 N–H and O–H groups in total. The lowest BCUT2D eigenvalue weighted by molar-refractivity contribution is 0.0471. The number of benzene rings is 2. The monoisotopic (exact) mass is 436 g/mol. The SMILES string of the molecule is O=C(OCc1nnc(C2CCC2)s1)c1ccc(-c2noc(-c3ccc(F)cc3)n2)cc1. The Morgan fingerprint density at radius 3 is 2.52 bits per heavy atom. The molecule has 156 valence electrons. The van der Waals surface area contributed by atoms with Gasteiger partial charge in [-0.2, -0.15) is 4.98 Å². The van der Waals surface area contributed by atoms with Crippen molar-refractivity contribution in [2.75, 3.05) is 0 Å². The fourth-order valence-electron chi connectivity index (χ4n) is 3.16. The summed E-state index contributed by atoms with van der Waals surface area (Å²) in [5.41, 5.74) is 1.72. The van der Waals surface area contributed by atoms with Gasteiger partial charge in [-0.1, -0.05) is 35.0 Å².